The van der Waals surface area contributed by atoms with Gasteiger partial charge in [-0.3, -0.25) is 9.36 Å². The van der Waals surface area contributed by atoms with Crippen molar-refractivity contribution >= 4 is 48.6 Å². The first-order valence-electron chi connectivity index (χ1n) is 18.7. The summed E-state index contributed by atoms with van der Waals surface area (Å²) in [6.07, 6.45) is 0.359. The summed E-state index contributed by atoms with van der Waals surface area (Å²) >= 11 is 0. The molecule has 5 rings (SSSR count). The Kier molecular flexibility index (Phi) is 12.8. The predicted octanol–water partition coefficient (Wildman–Crippen LogP) is 9.17. The van der Waals surface area contributed by atoms with Crippen molar-refractivity contribution in [2.24, 2.45) is 0 Å². The van der Waals surface area contributed by atoms with Gasteiger partial charge in [-0.15, -0.1) is 0 Å². The van der Waals surface area contributed by atoms with Crippen molar-refractivity contribution < 1.29 is 36.1 Å². The minimum atomic E-state index is -3.08. The number of rotatable bonds is 11. The summed E-state index contributed by atoms with van der Waals surface area (Å²) in [6.45, 7) is 29.6. The minimum Gasteiger partial charge on any atom is -0.414 e. The third-order valence-corrected chi connectivity index (χ3v) is 21.5. The first-order valence-corrected chi connectivity index (χ1v) is 23.8. The fourth-order valence-electron chi connectivity index (χ4n) is 6.97. The molecule has 294 valence electrons. The fraction of sp³-hybridized carbons (Fsp3) is 0.676. The van der Waals surface area contributed by atoms with E-state index in [0.29, 0.717) is 16.7 Å². The quantitative estimate of drug-likeness (QED) is 0.147. The summed E-state index contributed by atoms with van der Waals surface area (Å²) in [5, 5.41) is 2.91. The molecule has 0 radical (unpaired) electrons. The highest BCUT2D eigenvalue weighted by molar-refractivity contribution is 7.41. The van der Waals surface area contributed by atoms with Crippen LogP contribution in [0.3, 0.4) is 0 Å². The van der Waals surface area contributed by atoms with Crippen LogP contribution in [0.25, 0.3) is 11.2 Å². The number of aromatic nitrogens is 4. The number of benzene rings is 1. The van der Waals surface area contributed by atoms with Crippen molar-refractivity contribution in [3.05, 3.63) is 48.5 Å². The molecule has 0 spiro atoms. The number of fused-ring (bicyclic) bond motifs is 2. The van der Waals surface area contributed by atoms with Crippen LogP contribution in [0.2, 0.25) is 22.2 Å². The van der Waals surface area contributed by atoms with Crippen molar-refractivity contribution in [3.63, 3.8) is 0 Å². The van der Waals surface area contributed by atoms with Gasteiger partial charge >= 0.3 is 25.7 Å². The highest BCUT2D eigenvalue weighted by atomic mass is 31.2. The fourth-order valence-corrected chi connectivity index (χ4v) is 19.6. The van der Waals surface area contributed by atoms with E-state index in [2.05, 4.69) is 70.7 Å². The van der Waals surface area contributed by atoms with Gasteiger partial charge in [0.2, 0.25) is 0 Å². The maximum atomic E-state index is 13.2. The van der Waals surface area contributed by atoms with E-state index in [1.165, 1.54) is 6.33 Å². The van der Waals surface area contributed by atoms with E-state index in [1.807, 2.05) is 64.3 Å². The number of carbonyl (C=O) groups excluding carboxylic acids is 1. The van der Waals surface area contributed by atoms with Crippen molar-refractivity contribution in [2.45, 2.75) is 155 Å². The Balaban J connectivity index is 1.64. The van der Waals surface area contributed by atoms with Crippen LogP contribution < -0.4 is 5.32 Å². The average molecular weight is 790 g/mol. The maximum Gasteiger partial charge on any atom is 0.335 e. The molecule has 0 unspecified atom stereocenters. The van der Waals surface area contributed by atoms with Gasteiger partial charge in [-0.05, 0) is 75.8 Å². The summed E-state index contributed by atoms with van der Waals surface area (Å²) in [4.78, 5) is 26.9. The van der Waals surface area contributed by atoms with Crippen LogP contribution in [0, 0.1) is 0 Å². The number of nitrogens with zero attached hydrogens (tertiary/aromatic N) is 4. The summed E-state index contributed by atoms with van der Waals surface area (Å²) in [6, 6.07) is 8.96. The van der Waals surface area contributed by atoms with Crippen LogP contribution >= 0.6 is 8.60 Å². The third-order valence-electron chi connectivity index (χ3n) is 9.42. The Morgan fingerprint density at radius 1 is 0.868 bits per heavy atom. The number of imidazole rings is 1. The molecule has 2 aliphatic heterocycles. The van der Waals surface area contributed by atoms with E-state index < -0.39 is 61.5 Å². The molecule has 2 saturated heterocycles. The van der Waals surface area contributed by atoms with Gasteiger partial charge in [0.15, 0.2) is 23.2 Å². The van der Waals surface area contributed by atoms with Crippen molar-refractivity contribution in [3.8, 4) is 0 Å². The lowest BCUT2D eigenvalue weighted by molar-refractivity contribution is -0.0582. The molecular formula is C37H60N5O8PSi2. The van der Waals surface area contributed by atoms with Gasteiger partial charge in [0, 0.05) is 5.56 Å². The first-order chi connectivity index (χ1) is 24.7. The smallest absolute Gasteiger partial charge is 0.335 e. The second-order valence-electron chi connectivity index (χ2n) is 17.2. The number of hydrogen-bond acceptors (Lipinski definition) is 11. The van der Waals surface area contributed by atoms with E-state index in [1.54, 1.807) is 18.5 Å². The maximum absolute atomic E-state index is 13.2. The largest absolute Gasteiger partial charge is 0.414 e. The van der Waals surface area contributed by atoms with E-state index in [4.69, 9.17) is 36.3 Å². The van der Waals surface area contributed by atoms with E-state index >= 15 is 0 Å². The average Bonchev–Trinajstić information content (AvgIpc) is 3.60. The molecule has 1 N–H and O–H groups in total. The molecule has 53 heavy (non-hydrogen) atoms. The van der Waals surface area contributed by atoms with Gasteiger partial charge in [-0.2, -0.15) is 0 Å². The zero-order valence-electron chi connectivity index (χ0n) is 33.9. The number of nitrogens with one attached hydrogen (secondary N) is 1. The lowest BCUT2D eigenvalue weighted by atomic mass is 10.1. The van der Waals surface area contributed by atoms with Crippen LogP contribution in [0.1, 0.15) is 114 Å². The Morgan fingerprint density at radius 2 is 1.45 bits per heavy atom. The van der Waals surface area contributed by atoms with E-state index in [9.17, 15) is 4.79 Å². The normalized spacial score (nSPS) is 23.6. The van der Waals surface area contributed by atoms with Crippen molar-refractivity contribution in [2.75, 3.05) is 11.9 Å². The number of hydrogen-bond donors (Lipinski definition) is 1. The first kappa shape index (κ1) is 42.0. The summed E-state index contributed by atoms with van der Waals surface area (Å²) in [5.41, 5.74) is 0.722. The van der Waals surface area contributed by atoms with Crippen molar-refractivity contribution in [1.29, 1.82) is 0 Å². The highest BCUT2D eigenvalue weighted by Crippen LogP contribution is 2.54. The van der Waals surface area contributed by atoms with Crippen LogP contribution in [0.5, 0.6) is 0 Å². The van der Waals surface area contributed by atoms with Gasteiger partial charge in [0.25, 0.3) is 5.91 Å². The summed E-state index contributed by atoms with van der Waals surface area (Å²) in [5.74, 6) is -0.0272. The van der Waals surface area contributed by atoms with Gasteiger partial charge in [-0.1, -0.05) is 73.6 Å². The van der Waals surface area contributed by atoms with Crippen LogP contribution in [-0.4, -0.2) is 78.7 Å². The number of anilines is 1. The van der Waals surface area contributed by atoms with Gasteiger partial charge in [-0.25, -0.2) is 15.0 Å². The standard InChI is InChI=1S/C37H60N5O8PSi2/c1-23(2)52(24(3)4)44-20-28-30(47-53(50-52,25(5)6)26(7)8)31(46-51(48-36(9,10)11)49-37(12,13)14)35(45-28)42-22-40-29-32(38-21-39-33(29)42)41-34(43)27-18-16-15-17-19-27/h15-19,21-26,28,30-31,35H,20H2,1-14H3,(H,38,39,41,43)/t28-,30-,31-,35-/m1/s1. The second kappa shape index (κ2) is 16.1. The Bertz CT molecular complexity index is 1670. The van der Waals surface area contributed by atoms with E-state index in [0.717, 1.165) is 0 Å². The van der Waals surface area contributed by atoms with Crippen LogP contribution in [0.15, 0.2) is 43.0 Å². The molecule has 4 heterocycles. The lowest BCUT2D eigenvalue weighted by Gasteiger charge is -2.51. The second-order valence-corrected chi connectivity index (χ2v) is 27.1. The Labute approximate surface area is 318 Å². The molecule has 0 saturated carbocycles. The predicted molar refractivity (Wildman–Crippen MR) is 211 cm³/mol. The topological polar surface area (TPSA) is 137 Å². The molecule has 1 aromatic carbocycles. The monoisotopic (exact) mass is 789 g/mol. The Morgan fingerprint density at radius 3 is 2.00 bits per heavy atom. The van der Waals surface area contributed by atoms with Crippen molar-refractivity contribution in [1.82, 2.24) is 19.5 Å². The van der Waals surface area contributed by atoms with E-state index in [-0.39, 0.29) is 40.5 Å². The number of carbonyl (C=O) groups is 1. The number of amides is 1. The van der Waals surface area contributed by atoms with Crippen LogP contribution in [0.4, 0.5) is 5.82 Å². The van der Waals surface area contributed by atoms with Gasteiger partial charge in [0.1, 0.15) is 24.6 Å². The molecule has 13 nitrogen and oxygen atoms in total. The highest BCUT2D eigenvalue weighted by Gasteiger charge is 2.62. The molecule has 0 bridgehead atoms. The third kappa shape index (κ3) is 9.11. The molecule has 2 aliphatic rings. The van der Waals surface area contributed by atoms with Crippen LogP contribution in [-0.2, 0) is 31.3 Å². The summed E-state index contributed by atoms with van der Waals surface area (Å²) < 4.78 is 50.9. The molecule has 2 aromatic heterocycles. The molecule has 0 aliphatic carbocycles. The Hall–Kier alpha value is -2.18. The molecule has 16 heteroatoms. The van der Waals surface area contributed by atoms with Gasteiger partial charge in [0.05, 0.1) is 24.1 Å². The molecule has 3 aromatic rings. The molecule has 1 amide bonds. The molecule has 2 fully saturated rings. The molecule has 4 atom stereocenters. The zero-order valence-corrected chi connectivity index (χ0v) is 36.8. The van der Waals surface area contributed by atoms with Gasteiger partial charge < -0.3 is 36.6 Å². The lowest BCUT2D eigenvalue weighted by Crippen LogP contribution is -2.65. The minimum absolute atomic E-state index is 0.0877. The molecular weight excluding hydrogens is 730 g/mol. The summed E-state index contributed by atoms with van der Waals surface area (Å²) in [7, 11) is -7.85. The SMILES string of the molecule is CC(C)[Si]1(C(C)C)OC[C@H]2O[C@@H](n3cnc4c(NC(=O)c5ccccc5)ncnc43)[C@H](OP(OC(C)(C)C)OC(C)(C)C)[C@@H]2O[Si](C(C)C)(C(C)C)O1. The number of ether oxygens (including phenoxy) is 1. The zero-order chi connectivity index (χ0) is 39.1.